The molecule has 319 valence electrons. The summed E-state index contributed by atoms with van der Waals surface area (Å²) in [5, 5.41) is 5.94. The van der Waals surface area contributed by atoms with E-state index in [0.29, 0.717) is 11.3 Å². The normalized spacial score (nSPS) is 12.9. The van der Waals surface area contributed by atoms with Crippen molar-refractivity contribution in [3.05, 3.63) is 235 Å². The Morgan fingerprint density at radius 3 is 1.88 bits per heavy atom. The van der Waals surface area contributed by atoms with E-state index in [2.05, 4.69) is 193 Å². The molecule has 4 nitrogen and oxygen atoms in total. The SMILES string of the molecule is Cc1cc(-c2ccccc2)c(-n2c(-c3[c-]oc4ccc(-c5ccc6ccc7ccccc7c6c5)cc34)nc3ccccc32)c(-c2ccccc2)c1.[2H]C([2H])([2H])c1c[c-]c(-c2ccc(C([2H])([2H])[2H])cn2)cc1.[Ir]. The van der Waals surface area contributed by atoms with Crippen molar-refractivity contribution in [1.29, 1.82) is 0 Å². The van der Waals surface area contributed by atoms with Gasteiger partial charge in [0.25, 0.3) is 0 Å². The summed E-state index contributed by atoms with van der Waals surface area (Å²) in [6.45, 7) is -2.17. The molecule has 12 aromatic rings. The smallest absolute Gasteiger partial charge is 0.0774 e. The van der Waals surface area contributed by atoms with Crippen molar-refractivity contribution in [2.45, 2.75) is 20.6 Å². The molecule has 12 rings (SSSR count). The van der Waals surface area contributed by atoms with Gasteiger partial charge in [0.05, 0.1) is 22.5 Å². The number of para-hydroxylation sites is 2. The molecule has 5 heteroatoms. The number of pyridine rings is 1. The number of benzene rings is 9. The third kappa shape index (κ3) is 8.05. The number of imidazole rings is 1. The molecular formula is C61H43IrN3O-2. The van der Waals surface area contributed by atoms with E-state index in [1.54, 1.807) is 12.1 Å². The number of furan rings is 1. The van der Waals surface area contributed by atoms with Gasteiger partial charge in [0.1, 0.15) is 0 Å². The van der Waals surface area contributed by atoms with Gasteiger partial charge >= 0.3 is 0 Å². The van der Waals surface area contributed by atoms with Crippen LogP contribution in [0.15, 0.2) is 211 Å². The van der Waals surface area contributed by atoms with E-state index in [0.717, 1.165) is 72.5 Å². The maximum atomic E-state index is 7.28. The van der Waals surface area contributed by atoms with Gasteiger partial charge in [0, 0.05) is 57.5 Å². The number of rotatable bonds is 6. The van der Waals surface area contributed by atoms with Crippen LogP contribution in [-0.4, -0.2) is 14.5 Å². The van der Waals surface area contributed by atoms with Crippen LogP contribution in [0.4, 0.5) is 0 Å². The Hall–Kier alpha value is -7.69. The Bertz CT molecular complexity index is 3790. The zero-order chi connectivity index (χ0) is 48.9. The van der Waals surface area contributed by atoms with E-state index in [-0.39, 0.29) is 31.2 Å². The van der Waals surface area contributed by atoms with E-state index in [1.807, 2.05) is 6.07 Å². The quantitative estimate of drug-likeness (QED) is 0.123. The number of hydrogen-bond donors (Lipinski definition) is 0. The second-order valence-corrected chi connectivity index (χ2v) is 16.1. The van der Waals surface area contributed by atoms with Gasteiger partial charge < -0.3 is 14.0 Å². The number of fused-ring (bicyclic) bond motifs is 5. The van der Waals surface area contributed by atoms with Gasteiger partial charge in [-0.05, 0) is 105 Å². The average Bonchev–Trinajstić information content (AvgIpc) is 4.00. The van der Waals surface area contributed by atoms with Crippen molar-refractivity contribution in [1.82, 2.24) is 14.5 Å². The minimum absolute atomic E-state index is 0. The summed E-state index contributed by atoms with van der Waals surface area (Å²) >= 11 is 0. The van der Waals surface area contributed by atoms with Gasteiger partial charge in [-0.25, -0.2) is 0 Å². The van der Waals surface area contributed by atoms with Crippen LogP contribution in [0.1, 0.15) is 24.9 Å². The molecule has 9 aromatic carbocycles. The zero-order valence-electron chi connectivity index (χ0n) is 41.7. The van der Waals surface area contributed by atoms with Crippen LogP contribution in [-0.2, 0) is 20.1 Å². The number of aryl methyl sites for hydroxylation is 3. The molecule has 1 radical (unpaired) electrons. The molecule has 0 aliphatic heterocycles. The van der Waals surface area contributed by atoms with E-state index < -0.39 is 13.7 Å². The van der Waals surface area contributed by atoms with Crippen LogP contribution in [0.5, 0.6) is 0 Å². The molecule has 0 spiro atoms. The van der Waals surface area contributed by atoms with Crippen molar-refractivity contribution in [3.8, 4) is 61.7 Å². The minimum Gasteiger partial charge on any atom is -0.557 e. The zero-order valence-corrected chi connectivity index (χ0v) is 38.1. The van der Waals surface area contributed by atoms with Crippen molar-refractivity contribution in [2.75, 3.05) is 0 Å². The van der Waals surface area contributed by atoms with E-state index >= 15 is 0 Å². The Balaban J connectivity index is 0.000000240. The van der Waals surface area contributed by atoms with Crippen LogP contribution in [0.2, 0.25) is 0 Å². The summed E-state index contributed by atoms with van der Waals surface area (Å²) < 4.78 is 52.1. The molecule has 3 heterocycles. The molecule has 0 N–H and O–H groups in total. The van der Waals surface area contributed by atoms with E-state index in [4.69, 9.17) is 17.6 Å². The number of hydrogen-bond acceptors (Lipinski definition) is 3. The molecular weight excluding hydrogens is 983 g/mol. The molecule has 0 saturated heterocycles. The van der Waals surface area contributed by atoms with Gasteiger partial charge in [-0.15, -0.1) is 35.4 Å². The Morgan fingerprint density at radius 2 is 1.18 bits per heavy atom. The van der Waals surface area contributed by atoms with Crippen LogP contribution in [0.3, 0.4) is 0 Å². The first kappa shape index (κ1) is 35.6. The van der Waals surface area contributed by atoms with E-state index in [1.165, 1.54) is 51.5 Å². The largest absolute Gasteiger partial charge is 0.557 e. The average molecular weight is 1030 g/mol. The summed E-state index contributed by atoms with van der Waals surface area (Å²) in [4.78, 5) is 9.40. The molecule has 0 fully saturated rings. The van der Waals surface area contributed by atoms with Crippen molar-refractivity contribution < 1.29 is 32.7 Å². The predicted molar refractivity (Wildman–Crippen MR) is 269 cm³/mol. The van der Waals surface area contributed by atoms with Crippen LogP contribution >= 0.6 is 0 Å². The molecule has 0 unspecified atom stereocenters. The van der Waals surface area contributed by atoms with Gasteiger partial charge in [0.2, 0.25) is 0 Å². The monoisotopic (exact) mass is 1030 g/mol. The third-order valence-corrected chi connectivity index (χ3v) is 11.9. The molecule has 0 aliphatic rings. The first-order valence-corrected chi connectivity index (χ1v) is 21.5. The van der Waals surface area contributed by atoms with Crippen molar-refractivity contribution in [3.63, 3.8) is 0 Å². The third-order valence-electron chi connectivity index (χ3n) is 11.9. The van der Waals surface area contributed by atoms with Crippen molar-refractivity contribution in [2.24, 2.45) is 0 Å². The summed E-state index contributed by atoms with van der Waals surface area (Å²) in [6.07, 6.45) is 4.60. The fourth-order valence-corrected chi connectivity index (χ4v) is 8.76. The molecule has 0 atom stereocenters. The molecule has 3 aromatic heterocycles. The molecule has 0 amide bonds. The second kappa shape index (κ2) is 18.1. The Kier molecular flexibility index (Phi) is 9.75. The van der Waals surface area contributed by atoms with Gasteiger partial charge in [-0.3, -0.25) is 4.98 Å². The topological polar surface area (TPSA) is 43.9 Å². The summed E-state index contributed by atoms with van der Waals surface area (Å²) in [5.74, 6) is 0.787. The maximum absolute atomic E-state index is 7.28. The first-order chi connectivity index (χ1) is 34.4. The van der Waals surface area contributed by atoms with E-state index in [9.17, 15) is 0 Å². The molecule has 0 saturated carbocycles. The molecule has 66 heavy (non-hydrogen) atoms. The standard InChI is InChI=1S/C48H31N2O.C13H12N.Ir/c1-31-26-40(32-12-4-2-5-13-32)47(41(27-31)33-14-6-3-7-15-33)50-45-19-11-10-18-44(45)49-48(50)43-30-51-46-25-24-37(29-42(43)46)36-23-22-35-21-20-34-16-8-9-17-38(34)39(35)28-36;1-10-3-6-12(7-4-10)13-8-5-11(2)9-14-13;/h2-29H,1H3;3-6,8-9H,1-2H3;/q2*-1;/i;1D3,2D3;. The minimum atomic E-state index is -2.18. The van der Waals surface area contributed by atoms with Gasteiger partial charge in [0.15, 0.2) is 0 Å². The summed E-state index contributed by atoms with van der Waals surface area (Å²) in [6, 6.07) is 70.8. The fourth-order valence-electron chi connectivity index (χ4n) is 8.76. The number of nitrogens with zero attached hydrogens (tertiary/aromatic N) is 3. The maximum Gasteiger partial charge on any atom is 0.0774 e. The van der Waals surface area contributed by atoms with Crippen LogP contribution < -0.4 is 0 Å². The number of aromatic nitrogens is 3. The summed E-state index contributed by atoms with van der Waals surface area (Å²) in [5.41, 5.74) is 14.2. The second-order valence-electron chi connectivity index (χ2n) is 16.1. The van der Waals surface area contributed by atoms with Gasteiger partial charge in [-0.1, -0.05) is 169 Å². The first-order valence-electron chi connectivity index (χ1n) is 24.5. The Labute approximate surface area is 406 Å². The van der Waals surface area contributed by atoms with Gasteiger partial charge in [-0.2, -0.15) is 0 Å². The van der Waals surface area contributed by atoms with Crippen molar-refractivity contribution >= 4 is 43.5 Å². The van der Waals surface area contributed by atoms with Crippen LogP contribution in [0.25, 0.3) is 105 Å². The summed E-state index contributed by atoms with van der Waals surface area (Å²) in [7, 11) is 0. The Morgan fingerprint density at radius 1 is 0.545 bits per heavy atom. The van der Waals surface area contributed by atoms with Crippen LogP contribution in [0, 0.1) is 33.0 Å². The fraction of sp³-hybridized carbons (Fsp3) is 0.0492. The molecule has 0 aliphatic carbocycles. The molecule has 0 bridgehead atoms. The predicted octanol–water partition coefficient (Wildman–Crippen LogP) is 16.0.